The SMILES string of the molecule is CC(CS(C)(=O)=O)N1CC2C(C1)C2(CO)CO. The van der Waals surface area contributed by atoms with E-state index >= 15 is 0 Å². The normalized spacial score (nSPS) is 33.4. The summed E-state index contributed by atoms with van der Waals surface area (Å²) >= 11 is 0. The van der Waals surface area contributed by atoms with Gasteiger partial charge in [0.05, 0.1) is 19.0 Å². The second-order valence-corrected chi connectivity index (χ2v) is 7.84. The molecule has 2 rings (SSSR count). The van der Waals surface area contributed by atoms with Crippen molar-refractivity contribution in [3.8, 4) is 0 Å². The molecule has 2 N–H and O–H groups in total. The van der Waals surface area contributed by atoms with Crippen LogP contribution >= 0.6 is 0 Å². The lowest BCUT2D eigenvalue weighted by Crippen LogP contribution is -2.40. The molecule has 1 aliphatic heterocycles. The molecule has 17 heavy (non-hydrogen) atoms. The Morgan fingerprint density at radius 2 is 1.76 bits per heavy atom. The summed E-state index contributed by atoms with van der Waals surface area (Å²) in [6, 6.07) is 0.0212. The average molecular weight is 263 g/mol. The maximum absolute atomic E-state index is 11.2. The van der Waals surface area contributed by atoms with Crippen molar-refractivity contribution in [1.82, 2.24) is 4.90 Å². The molecule has 3 unspecified atom stereocenters. The first-order valence-corrected chi connectivity index (χ1v) is 8.03. The van der Waals surface area contributed by atoms with E-state index in [9.17, 15) is 18.6 Å². The Morgan fingerprint density at radius 3 is 2.12 bits per heavy atom. The van der Waals surface area contributed by atoms with E-state index in [1.807, 2.05) is 6.92 Å². The molecule has 6 heteroatoms. The van der Waals surface area contributed by atoms with Crippen molar-refractivity contribution in [2.45, 2.75) is 13.0 Å². The van der Waals surface area contributed by atoms with Crippen LogP contribution in [0.15, 0.2) is 0 Å². The molecule has 0 amide bonds. The molecule has 2 fully saturated rings. The number of likely N-dealkylation sites (tertiary alicyclic amines) is 1. The Morgan fingerprint density at radius 1 is 1.29 bits per heavy atom. The van der Waals surface area contributed by atoms with Crippen LogP contribution in [0.3, 0.4) is 0 Å². The van der Waals surface area contributed by atoms with Gasteiger partial charge in [-0.1, -0.05) is 0 Å². The van der Waals surface area contributed by atoms with E-state index in [2.05, 4.69) is 4.90 Å². The van der Waals surface area contributed by atoms with Crippen LogP contribution in [0.5, 0.6) is 0 Å². The molecule has 1 saturated heterocycles. The first kappa shape index (κ1) is 13.3. The fourth-order valence-electron chi connectivity index (χ4n) is 3.29. The Labute approximate surface area is 102 Å². The van der Waals surface area contributed by atoms with Crippen molar-refractivity contribution in [3.63, 3.8) is 0 Å². The summed E-state index contributed by atoms with van der Waals surface area (Å²) in [4.78, 5) is 2.15. The molecule has 5 nitrogen and oxygen atoms in total. The van der Waals surface area contributed by atoms with Gasteiger partial charge in [-0.3, -0.25) is 4.90 Å². The van der Waals surface area contributed by atoms with Crippen LogP contribution < -0.4 is 0 Å². The second-order valence-electron chi connectivity index (χ2n) is 5.66. The van der Waals surface area contributed by atoms with Gasteiger partial charge in [0.15, 0.2) is 0 Å². The summed E-state index contributed by atoms with van der Waals surface area (Å²) in [5, 5.41) is 18.6. The average Bonchev–Trinajstić information content (AvgIpc) is 2.60. The van der Waals surface area contributed by atoms with Gasteiger partial charge in [-0.25, -0.2) is 8.42 Å². The van der Waals surface area contributed by atoms with E-state index in [-0.39, 0.29) is 30.4 Å². The highest BCUT2D eigenvalue weighted by Gasteiger charge is 2.67. The molecule has 0 aromatic carbocycles. The number of hydrogen-bond acceptors (Lipinski definition) is 5. The fourth-order valence-corrected chi connectivity index (χ4v) is 4.38. The molecule has 0 spiro atoms. The third-order valence-electron chi connectivity index (χ3n) is 4.47. The predicted octanol–water partition coefficient (Wildman–Crippen LogP) is -1.05. The Kier molecular flexibility index (Phi) is 3.27. The van der Waals surface area contributed by atoms with Gasteiger partial charge in [0.25, 0.3) is 0 Å². The van der Waals surface area contributed by atoms with Crippen molar-refractivity contribution in [2.75, 3.05) is 38.3 Å². The summed E-state index contributed by atoms with van der Waals surface area (Å²) in [7, 11) is -2.94. The van der Waals surface area contributed by atoms with Gasteiger partial charge < -0.3 is 10.2 Å². The van der Waals surface area contributed by atoms with E-state index in [1.165, 1.54) is 6.26 Å². The predicted molar refractivity (Wildman–Crippen MR) is 64.3 cm³/mol. The first-order valence-electron chi connectivity index (χ1n) is 5.97. The smallest absolute Gasteiger partial charge is 0.148 e. The molecule has 100 valence electrons. The van der Waals surface area contributed by atoms with Crippen LogP contribution in [0, 0.1) is 17.3 Å². The molecular formula is C11H21NO4S. The minimum Gasteiger partial charge on any atom is -0.396 e. The van der Waals surface area contributed by atoms with Crippen LogP contribution in [0.25, 0.3) is 0 Å². The number of aliphatic hydroxyl groups excluding tert-OH is 2. The van der Waals surface area contributed by atoms with Crippen LogP contribution in [0.4, 0.5) is 0 Å². The molecule has 1 heterocycles. The summed E-state index contributed by atoms with van der Waals surface area (Å²) in [6.07, 6.45) is 1.26. The molecule has 2 aliphatic rings. The number of sulfone groups is 1. The van der Waals surface area contributed by atoms with Crippen molar-refractivity contribution >= 4 is 9.84 Å². The van der Waals surface area contributed by atoms with Crippen molar-refractivity contribution in [1.29, 1.82) is 0 Å². The van der Waals surface area contributed by atoms with E-state index in [1.54, 1.807) is 0 Å². The molecular weight excluding hydrogens is 242 g/mol. The lowest BCUT2D eigenvalue weighted by Gasteiger charge is -2.28. The molecule has 1 saturated carbocycles. The van der Waals surface area contributed by atoms with Crippen LogP contribution in [0.1, 0.15) is 6.92 Å². The van der Waals surface area contributed by atoms with Crippen LogP contribution in [-0.4, -0.2) is 67.9 Å². The summed E-state index contributed by atoms with van der Waals surface area (Å²) in [5.41, 5.74) is -0.290. The van der Waals surface area contributed by atoms with Gasteiger partial charge in [0, 0.05) is 30.8 Å². The van der Waals surface area contributed by atoms with Gasteiger partial charge >= 0.3 is 0 Å². The highest BCUT2D eigenvalue weighted by molar-refractivity contribution is 7.90. The maximum Gasteiger partial charge on any atom is 0.148 e. The van der Waals surface area contributed by atoms with Crippen molar-refractivity contribution < 1.29 is 18.6 Å². The maximum atomic E-state index is 11.2. The highest BCUT2D eigenvalue weighted by atomic mass is 32.2. The largest absolute Gasteiger partial charge is 0.396 e. The zero-order valence-electron chi connectivity index (χ0n) is 10.3. The fraction of sp³-hybridized carbons (Fsp3) is 1.00. The summed E-state index contributed by atoms with van der Waals surface area (Å²) in [6.45, 7) is 3.58. The molecule has 0 radical (unpaired) electrons. The highest BCUT2D eigenvalue weighted by Crippen LogP contribution is 2.62. The zero-order chi connectivity index (χ0) is 12.8. The lowest BCUT2D eigenvalue weighted by molar-refractivity contribution is 0.0822. The minimum atomic E-state index is -2.94. The van der Waals surface area contributed by atoms with Crippen LogP contribution in [-0.2, 0) is 9.84 Å². The van der Waals surface area contributed by atoms with E-state index < -0.39 is 9.84 Å². The second kappa shape index (κ2) is 4.19. The topological polar surface area (TPSA) is 77.8 Å². The molecule has 0 aromatic rings. The number of fused-ring (bicyclic) bond motifs is 1. The quantitative estimate of drug-likeness (QED) is 0.662. The van der Waals surface area contributed by atoms with Gasteiger partial charge in [-0.15, -0.1) is 0 Å². The zero-order valence-corrected chi connectivity index (χ0v) is 11.2. The van der Waals surface area contributed by atoms with E-state index in [0.717, 1.165) is 13.1 Å². The molecule has 3 atom stereocenters. The number of rotatable bonds is 5. The first-order chi connectivity index (χ1) is 7.84. The number of nitrogens with zero attached hydrogens (tertiary/aromatic N) is 1. The standard InChI is InChI=1S/C11H21NO4S/c1-8(5-17(2,15)16)12-3-9-10(4-12)11(9,6-13)7-14/h8-10,13-14H,3-7H2,1-2H3. The molecule has 0 aromatic heterocycles. The minimum absolute atomic E-state index is 0.0212. The number of hydrogen-bond donors (Lipinski definition) is 2. The lowest BCUT2D eigenvalue weighted by atomic mass is 10.0. The van der Waals surface area contributed by atoms with Crippen molar-refractivity contribution in [2.24, 2.45) is 17.3 Å². The third kappa shape index (κ3) is 2.23. The molecule has 1 aliphatic carbocycles. The van der Waals surface area contributed by atoms with E-state index in [0.29, 0.717) is 11.8 Å². The summed E-state index contributed by atoms with van der Waals surface area (Å²) in [5.74, 6) is 0.844. The Bertz CT molecular complexity index is 376. The Hall–Kier alpha value is -0.170. The number of piperidine rings is 1. The van der Waals surface area contributed by atoms with Gasteiger partial charge in [0.1, 0.15) is 9.84 Å². The van der Waals surface area contributed by atoms with E-state index in [4.69, 9.17) is 0 Å². The van der Waals surface area contributed by atoms with Gasteiger partial charge in [-0.05, 0) is 18.8 Å². The van der Waals surface area contributed by atoms with Crippen LogP contribution in [0.2, 0.25) is 0 Å². The van der Waals surface area contributed by atoms with Crippen molar-refractivity contribution in [3.05, 3.63) is 0 Å². The summed E-state index contributed by atoms with van der Waals surface area (Å²) < 4.78 is 22.4. The monoisotopic (exact) mass is 263 g/mol. The third-order valence-corrected chi connectivity index (χ3v) is 5.56. The Balaban J connectivity index is 1.91. The number of aliphatic hydroxyl groups is 2. The van der Waals surface area contributed by atoms with Gasteiger partial charge in [0.2, 0.25) is 0 Å². The molecule has 0 bridgehead atoms. The van der Waals surface area contributed by atoms with Gasteiger partial charge in [-0.2, -0.15) is 0 Å².